The zero-order chi connectivity index (χ0) is 8.39. The molecule has 1 aliphatic rings. The molecule has 1 aliphatic heterocycles. The lowest BCUT2D eigenvalue weighted by Gasteiger charge is -2.03. The maximum Gasteiger partial charge on any atom is 0.122 e. The fraction of sp³-hybridized carbons (Fsp3) is 0.333. The van der Waals surface area contributed by atoms with E-state index >= 15 is 0 Å². The molecule has 0 radical (unpaired) electrons. The lowest BCUT2D eigenvalue weighted by atomic mass is 10.1. The summed E-state index contributed by atoms with van der Waals surface area (Å²) in [6, 6.07) is 5.85. The van der Waals surface area contributed by atoms with Crippen LogP contribution in [0.3, 0.4) is 0 Å². The Balaban J connectivity index is 2.26. The number of fused-ring (bicyclic) bond motifs is 1. The third kappa shape index (κ3) is 1.23. The van der Waals surface area contributed by atoms with E-state index in [0.717, 1.165) is 24.5 Å². The lowest BCUT2D eigenvalue weighted by molar-refractivity contribution is 0.325. The molecule has 2 rings (SSSR count). The standard InChI is InChI=1S/C9H11NO2/c11-6-10-8-1-2-9-7(5-8)3-4-12-9/h1-2,5,10-11H,3-4,6H2. The van der Waals surface area contributed by atoms with E-state index in [-0.39, 0.29) is 6.73 Å². The Labute approximate surface area is 71.0 Å². The number of aliphatic hydroxyl groups is 1. The number of anilines is 1. The van der Waals surface area contributed by atoms with Gasteiger partial charge < -0.3 is 15.2 Å². The van der Waals surface area contributed by atoms with Crippen LogP contribution in [0.2, 0.25) is 0 Å². The first-order valence-corrected chi connectivity index (χ1v) is 4.00. The Morgan fingerprint density at radius 3 is 3.25 bits per heavy atom. The predicted molar refractivity (Wildman–Crippen MR) is 46.3 cm³/mol. The Hall–Kier alpha value is -1.22. The van der Waals surface area contributed by atoms with Gasteiger partial charge in [0.25, 0.3) is 0 Å². The monoisotopic (exact) mass is 165 g/mol. The SMILES string of the molecule is OCNc1ccc2c(c1)CCO2. The minimum Gasteiger partial charge on any atom is -0.493 e. The van der Waals surface area contributed by atoms with Crippen molar-refractivity contribution in [1.29, 1.82) is 0 Å². The quantitative estimate of drug-likeness (QED) is 0.642. The zero-order valence-corrected chi connectivity index (χ0v) is 6.71. The summed E-state index contributed by atoms with van der Waals surface area (Å²) in [4.78, 5) is 0. The van der Waals surface area contributed by atoms with Gasteiger partial charge in [0.1, 0.15) is 12.5 Å². The second kappa shape index (κ2) is 3.03. The summed E-state index contributed by atoms with van der Waals surface area (Å²) < 4.78 is 5.34. The summed E-state index contributed by atoms with van der Waals surface area (Å²) in [6.07, 6.45) is 0.969. The third-order valence-corrected chi connectivity index (χ3v) is 1.97. The van der Waals surface area contributed by atoms with Gasteiger partial charge in [-0.15, -0.1) is 0 Å². The normalized spacial score (nSPS) is 13.8. The molecule has 0 atom stereocenters. The second-order valence-corrected chi connectivity index (χ2v) is 2.76. The van der Waals surface area contributed by atoms with E-state index in [9.17, 15) is 0 Å². The van der Waals surface area contributed by atoms with Crippen molar-refractivity contribution < 1.29 is 9.84 Å². The molecule has 0 bridgehead atoms. The largest absolute Gasteiger partial charge is 0.493 e. The number of aliphatic hydroxyl groups excluding tert-OH is 1. The minimum absolute atomic E-state index is 0.0281. The van der Waals surface area contributed by atoms with Gasteiger partial charge in [-0.3, -0.25) is 0 Å². The Morgan fingerprint density at radius 1 is 1.50 bits per heavy atom. The zero-order valence-electron chi connectivity index (χ0n) is 6.71. The first kappa shape index (κ1) is 7.43. The summed E-state index contributed by atoms with van der Waals surface area (Å²) in [5.41, 5.74) is 2.16. The Bertz CT molecular complexity index is 286. The molecule has 1 aromatic carbocycles. The summed E-state index contributed by atoms with van der Waals surface area (Å²) in [5, 5.41) is 11.5. The highest BCUT2D eigenvalue weighted by Gasteiger charge is 2.11. The maximum atomic E-state index is 8.63. The van der Waals surface area contributed by atoms with Crippen molar-refractivity contribution >= 4 is 5.69 Å². The van der Waals surface area contributed by atoms with Crippen LogP contribution in [-0.2, 0) is 6.42 Å². The van der Waals surface area contributed by atoms with E-state index in [1.54, 1.807) is 0 Å². The minimum atomic E-state index is -0.0281. The van der Waals surface area contributed by atoms with Crippen molar-refractivity contribution in [3.8, 4) is 5.75 Å². The molecule has 64 valence electrons. The van der Waals surface area contributed by atoms with Gasteiger partial charge in [0.05, 0.1) is 6.61 Å². The molecule has 0 unspecified atom stereocenters. The molecule has 0 saturated carbocycles. The number of benzene rings is 1. The van der Waals surface area contributed by atoms with Crippen LogP contribution in [-0.4, -0.2) is 18.4 Å². The van der Waals surface area contributed by atoms with Crippen LogP contribution in [0.4, 0.5) is 5.69 Å². The van der Waals surface area contributed by atoms with Crippen molar-refractivity contribution in [3.05, 3.63) is 23.8 Å². The molecule has 0 aromatic heterocycles. The molecule has 0 amide bonds. The number of ether oxygens (including phenoxy) is 1. The number of hydrogen-bond acceptors (Lipinski definition) is 3. The predicted octanol–water partition coefficient (Wildman–Crippen LogP) is 0.983. The van der Waals surface area contributed by atoms with Crippen molar-refractivity contribution in [2.75, 3.05) is 18.7 Å². The molecular weight excluding hydrogens is 154 g/mol. The molecular formula is C9H11NO2. The molecule has 2 N–H and O–H groups in total. The summed E-state index contributed by atoms with van der Waals surface area (Å²) in [6.45, 7) is 0.748. The van der Waals surface area contributed by atoms with E-state index in [4.69, 9.17) is 9.84 Å². The van der Waals surface area contributed by atoms with Crippen LogP contribution in [0.5, 0.6) is 5.75 Å². The van der Waals surface area contributed by atoms with Crippen LogP contribution in [0.1, 0.15) is 5.56 Å². The molecule has 3 heteroatoms. The smallest absolute Gasteiger partial charge is 0.122 e. The topological polar surface area (TPSA) is 41.5 Å². The van der Waals surface area contributed by atoms with Crippen LogP contribution in [0.15, 0.2) is 18.2 Å². The van der Waals surface area contributed by atoms with Gasteiger partial charge in [-0.1, -0.05) is 0 Å². The molecule has 0 saturated heterocycles. The molecule has 0 fully saturated rings. The van der Waals surface area contributed by atoms with Gasteiger partial charge in [0.2, 0.25) is 0 Å². The van der Waals surface area contributed by atoms with Crippen LogP contribution in [0, 0.1) is 0 Å². The van der Waals surface area contributed by atoms with Crippen molar-refractivity contribution in [2.45, 2.75) is 6.42 Å². The van der Waals surface area contributed by atoms with Gasteiger partial charge in [0.15, 0.2) is 0 Å². The van der Waals surface area contributed by atoms with Gasteiger partial charge >= 0.3 is 0 Å². The van der Waals surface area contributed by atoms with Crippen LogP contribution in [0.25, 0.3) is 0 Å². The van der Waals surface area contributed by atoms with Gasteiger partial charge in [-0.25, -0.2) is 0 Å². The van der Waals surface area contributed by atoms with E-state index in [1.807, 2.05) is 18.2 Å². The highest BCUT2D eigenvalue weighted by atomic mass is 16.5. The first-order valence-electron chi connectivity index (χ1n) is 4.00. The fourth-order valence-electron chi connectivity index (χ4n) is 1.39. The molecule has 0 aliphatic carbocycles. The van der Waals surface area contributed by atoms with Crippen LogP contribution < -0.4 is 10.1 Å². The highest BCUT2D eigenvalue weighted by Crippen LogP contribution is 2.27. The summed E-state index contributed by atoms with van der Waals surface area (Å²) in [7, 11) is 0. The third-order valence-electron chi connectivity index (χ3n) is 1.97. The van der Waals surface area contributed by atoms with Gasteiger partial charge in [-0.2, -0.15) is 0 Å². The average Bonchev–Trinajstić information content (AvgIpc) is 2.51. The van der Waals surface area contributed by atoms with E-state index in [0.29, 0.717) is 0 Å². The van der Waals surface area contributed by atoms with Crippen LogP contribution >= 0.6 is 0 Å². The summed E-state index contributed by atoms with van der Waals surface area (Å²) >= 11 is 0. The molecule has 12 heavy (non-hydrogen) atoms. The molecule has 1 heterocycles. The highest BCUT2D eigenvalue weighted by molar-refractivity contribution is 5.52. The van der Waals surface area contributed by atoms with Gasteiger partial charge in [0, 0.05) is 12.1 Å². The van der Waals surface area contributed by atoms with E-state index < -0.39 is 0 Å². The number of nitrogens with one attached hydrogen (secondary N) is 1. The Morgan fingerprint density at radius 2 is 2.42 bits per heavy atom. The first-order chi connectivity index (χ1) is 5.90. The van der Waals surface area contributed by atoms with Crippen molar-refractivity contribution in [1.82, 2.24) is 0 Å². The van der Waals surface area contributed by atoms with Crippen molar-refractivity contribution in [2.24, 2.45) is 0 Å². The van der Waals surface area contributed by atoms with Crippen molar-refractivity contribution in [3.63, 3.8) is 0 Å². The average molecular weight is 165 g/mol. The Kier molecular flexibility index (Phi) is 1.87. The second-order valence-electron chi connectivity index (χ2n) is 2.76. The van der Waals surface area contributed by atoms with E-state index in [1.165, 1.54) is 5.56 Å². The number of rotatable bonds is 2. The lowest BCUT2D eigenvalue weighted by Crippen LogP contribution is -1.99. The molecule has 1 aromatic rings. The number of hydrogen-bond donors (Lipinski definition) is 2. The van der Waals surface area contributed by atoms with E-state index in [2.05, 4.69) is 5.32 Å². The molecule has 3 nitrogen and oxygen atoms in total. The molecule has 0 spiro atoms. The summed E-state index contributed by atoms with van der Waals surface area (Å²) in [5.74, 6) is 0.971. The fourth-order valence-corrected chi connectivity index (χ4v) is 1.39. The van der Waals surface area contributed by atoms with Gasteiger partial charge in [-0.05, 0) is 23.8 Å². The maximum absolute atomic E-state index is 8.63.